The first-order valence-electron chi connectivity index (χ1n) is 8.27. The molecule has 112 valence electrons. The highest BCUT2D eigenvalue weighted by Gasteiger charge is 2.34. The molecule has 1 aliphatic heterocycles. The molecule has 0 aromatic heterocycles. The van der Waals surface area contributed by atoms with Crippen LogP contribution in [-0.2, 0) is 0 Å². The van der Waals surface area contributed by atoms with Gasteiger partial charge < -0.3 is 10.6 Å². The van der Waals surface area contributed by atoms with Crippen LogP contribution in [0.5, 0.6) is 0 Å². The van der Waals surface area contributed by atoms with Crippen molar-refractivity contribution in [1.82, 2.24) is 9.80 Å². The van der Waals surface area contributed by atoms with Crippen molar-refractivity contribution in [2.75, 3.05) is 27.2 Å². The maximum absolute atomic E-state index is 6.41. The monoisotopic (exact) mass is 267 g/mol. The molecule has 3 heteroatoms. The van der Waals surface area contributed by atoms with Crippen LogP contribution in [0.1, 0.15) is 51.9 Å². The molecule has 1 saturated heterocycles. The van der Waals surface area contributed by atoms with Crippen LogP contribution >= 0.6 is 0 Å². The Kier molecular flexibility index (Phi) is 5.67. The Balaban J connectivity index is 1.86. The zero-order valence-corrected chi connectivity index (χ0v) is 13.1. The molecule has 0 spiro atoms. The number of likely N-dealkylation sites (tertiary alicyclic amines) is 1. The van der Waals surface area contributed by atoms with E-state index < -0.39 is 0 Å². The quantitative estimate of drug-likeness (QED) is 0.848. The molecule has 0 aromatic carbocycles. The van der Waals surface area contributed by atoms with Crippen molar-refractivity contribution in [3.63, 3.8) is 0 Å². The molecule has 2 rings (SSSR count). The number of rotatable bonds is 4. The summed E-state index contributed by atoms with van der Waals surface area (Å²) in [5, 5.41) is 0. The Labute approximate surface area is 119 Å². The molecule has 2 aliphatic rings. The predicted octanol–water partition coefficient (Wildman–Crippen LogP) is 2.31. The summed E-state index contributed by atoms with van der Waals surface area (Å²) >= 11 is 0. The van der Waals surface area contributed by atoms with Crippen molar-refractivity contribution in [3.05, 3.63) is 0 Å². The Morgan fingerprint density at radius 3 is 2.37 bits per heavy atom. The Hall–Kier alpha value is -0.120. The van der Waals surface area contributed by atoms with Crippen LogP contribution in [0.15, 0.2) is 0 Å². The normalized spacial score (nSPS) is 34.9. The van der Waals surface area contributed by atoms with E-state index in [4.69, 9.17) is 5.73 Å². The highest BCUT2D eigenvalue weighted by molar-refractivity contribution is 4.91. The van der Waals surface area contributed by atoms with Crippen molar-refractivity contribution in [3.8, 4) is 0 Å². The Morgan fingerprint density at radius 1 is 1.11 bits per heavy atom. The van der Waals surface area contributed by atoms with Crippen LogP contribution in [0.2, 0.25) is 0 Å². The fraction of sp³-hybridized carbons (Fsp3) is 1.00. The van der Waals surface area contributed by atoms with Crippen LogP contribution < -0.4 is 5.73 Å². The summed E-state index contributed by atoms with van der Waals surface area (Å²) in [6, 6.07) is 1.86. The van der Waals surface area contributed by atoms with Gasteiger partial charge in [0, 0.05) is 18.1 Å². The molecular weight excluding hydrogens is 234 g/mol. The second-order valence-corrected chi connectivity index (χ2v) is 6.93. The van der Waals surface area contributed by atoms with Crippen molar-refractivity contribution in [1.29, 1.82) is 0 Å². The zero-order chi connectivity index (χ0) is 13.8. The molecule has 2 fully saturated rings. The molecule has 0 radical (unpaired) electrons. The molecular formula is C16H33N3. The van der Waals surface area contributed by atoms with E-state index in [0.717, 1.165) is 12.0 Å². The number of hydrogen-bond acceptors (Lipinski definition) is 3. The minimum atomic E-state index is 0.420. The molecule has 1 aliphatic carbocycles. The molecule has 1 saturated carbocycles. The standard InChI is InChI=1S/C16H33N3/c1-4-5-13-6-7-15(17)16(12-13)19-10-8-14(9-11-19)18(2)3/h13-16H,4-12,17H2,1-3H3. The second kappa shape index (κ2) is 7.05. The summed E-state index contributed by atoms with van der Waals surface area (Å²) in [6.07, 6.45) is 9.31. The van der Waals surface area contributed by atoms with Gasteiger partial charge >= 0.3 is 0 Å². The SMILES string of the molecule is CCCC1CCC(N)C(N2CCC(N(C)C)CC2)C1. The summed E-state index contributed by atoms with van der Waals surface area (Å²) in [5.41, 5.74) is 6.41. The smallest absolute Gasteiger partial charge is 0.0249 e. The highest BCUT2D eigenvalue weighted by atomic mass is 15.2. The lowest BCUT2D eigenvalue weighted by Gasteiger charge is -2.45. The van der Waals surface area contributed by atoms with E-state index in [9.17, 15) is 0 Å². The van der Waals surface area contributed by atoms with Gasteiger partial charge in [0.05, 0.1) is 0 Å². The third-order valence-electron chi connectivity index (χ3n) is 5.37. The maximum atomic E-state index is 6.41. The van der Waals surface area contributed by atoms with E-state index in [-0.39, 0.29) is 0 Å². The molecule has 0 amide bonds. The van der Waals surface area contributed by atoms with Crippen LogP contribution in [0.4, 0.5) is 0 Å². The first-order valence-corrected chi connectivity index (χ1v) is 8.27. The van der Waals surface area contributed by atoms with Gasteiger partial charge in [-0.2, -0.15) is 0 Å². The van der Waals surface area contributed by atoms with Gasteiger partial charge in [-0.15, -0.1) is 0 Å². The molecule has 1 heterocycles. The third-order valence-corrected chi connectivity index (χ3v) is 5.37. The van der Waals surface area contributed by atoms with Crippen molar-refractivity contribution >= 4 is 0 Å². The second-order valence-electron chi connectivity index (χ2n) is 6.93. The molecule has 2 N–H and O–H groups in total. The van der Waals surface area contributed by atoms with Crippen molar-refractivity contribution < 1.29 is 0 Å². The van der Waals surface area contributed by atoms with Gasteiger partial charge in [0.25, 0.3) is 0 Å². The fourth-order valence-electron chi connectivity index (χ4n) is 4.08. The average Bonchev–Trinajstić information content (AvgIpc) is 2.41. The summed E-state index contributed by atoms with van der Waals surface area (Å²) in [7, 11) is 4.42. The van der Waals surface area contributed by atoms with Crippen LogP contribution in [0.25, 0.3) is 0 Å². The van der Waals surface area contributed by atoms with E-state index in [0.29, 0.717) is 12.1 Å². The zero-order valence-electron chi connectivity index (χ0n) is 13.1. The van der Waals surface area contributed by atoms with Crippen LogP contribution in [-0.4, -0.2) is 55.1 Å². The lowest BCUT2D eigenvalue weighted by atomic mass is 9.79. The van der Waals surface area contributed by atoms with Crippen molar-refractivity contribution in [2.24, 2.45) is 11.7 Å². The van der Waals surface area contributed by atoms with Gasteiger partial charge in [-0.1, -0.05) is 19.8 Å². The lowest BCUT2D eigenvalue weighted by Crippen LogP contribution is -2.55. The minimum Gasteiger partial charge on any atom is -0.326 e. The van der Waals surface area contributed by atoms with Crippen molar-refractivity contribution in [2.45, 2.75) is 70.0 Å². The van der Waals surface area contributed by atoms with Gasteiger partial charge in [-0.3, -0.25) is 4.90 Å². The third kappa shape index (κ3) is 3.93. The Bertz CT molecular complexity index is 259. The highest BCUT2D eigenvalue weighted by Crippen LogP contribution is 2.31. The number of hydrogen-bond donors (Lipinski definition) is 1. The van der Waals surface area contributed by atoms with E-state index in [2.05, 4.69) is 30.8 Å². The topological polar surface area (TPSA) is 32.5 Å². The summed E-state index contributed by atoms with van der Waals surface area (Å²) in [6.45, 7) is 4.81. The van der Waals surface area contributed by atoms with Crippen LogP contribution in [0.3, 0.4) is 0 Å². The first-order chi connectivity index (χ1) is 9.11. The molecule has 0 aromatic rings. The summed E-state index contributed by atoms with van der Waals surface area (Å²) in [4.78, 5) is 5.09. The van der Waals surface area contributed by atoms with Gasteiger partial charge in [-0.25, -0.2) is 0 Å². The minimum absolute atomic E-state index is 0.420. The van der Waals surface area contributed by atoms with Gasteiger partial charge in [0.15, 0.2) is 0 Å². The molecule has 3 unspecified atom stereocenters. The van der Waals surface area contributed by atoms with E-state index >= 15 is 0 Å². The first kappa shape index (κ1) is 15.3. The van der Waals surface area contributed by atoms with E-state index in [1.165, 1.54) is 58.0 Å². The predicted molar refractivity (Wildman–Crippen MR) is 82.3 cm³/mol. The van der Waals surface area contributed by atoms with Gasteiger partial charge in [-0.05, 0) is 65.2 Å². The maximum Gasteiger partial charge on any atom is 0.0249 e. The average molecular weight is 267 g/mol. The molecule has 0 bridgehead atoms. The lowest BCUT2D eigenvalue weighted by molar-refractivity contribution is 0.0635. The number of nitrogens with zero attached hydrogens (tertiary/aromatic N) is 2. The summed E-state index contributed by atoms with van der Waals surface area (Å²) in [5.74, 6) is 0.932. The number of piperidine rings is 1. The number of nitrogens with two attached hydrogens (primary N) is 1. The molecule has 19 heavy (non-hydrogen) atoms. The largest absolute Gasteiger partial charge is 0.326 e. The molecule has 3 nitrogen and oxygen atoms in total. The van der Waals surface area contributed by atoms with Crippen LogP contribution in [0, 0.1) is 5.92 Å². The van der Waals surface area contributed by atoms with Gasteiger partial charge in [0.2, 0.25) is 0 Å². The Morgan fingerprint density at radius 2 is 1.79 bits per heavy atom. The molecule has 3 atom stereocenters. The van der Waals surface area contributed by atoms with Gasteiger partial charge in [0.1, 0.15) is 0 Å². The fourth-order valence-corrected chi connectivity index (χ4v) is 4.08. The van der Waals surface area contributed by atoms with E-state index in [1.807, 2.05) is 0 Å². The van der Waals surface area contributed by atoms with E-state index in [1.54, 1.807) is 0 Å². The summed E-state index contributed by atoms with van der Waals surface area (Å²) < 4.78 is 0.